The molecule has 0 atom stereocenters. The van der Waals surface area contributed by atoms with Gasteiger partial charge in [-0.05, 0) is 52.0 Å². The molecule has 0 unspecified atom stereocenters. The maximum Gasteiger partial charge on any atom is 0.407 e. The van der Waals surface area contributed by atoms with Gasteiger partial charge in [-0.2, -0.15) is 0 Å². The number of hydrogen-bond acceptors (Lipinski definition) is 5. The van der Waals surface area contributed by atoms with Crippen LogP contribution in [0.1, 0.15) is 45.0 Å². The minimum Gasteiger partial charge on any atom is -0.462 e. The molecule has 2 amide bonds. The van der Waals surface area contributed by atoms with Gasteiger partial charge in [0.05, 0.1) is 12.2 Å². The van der Waals surface area contributed by atoms with E-state index >= 15 is 0 Å². The van der Waals surface area contributed by atoms with Gasteiger partial charge in [-0.15, -0.1) is 0 Å². The second-order valence-electron chi connectivity index (χ2n) is 6.37. The fourth-order valence-corrected chi connectivity index (χ4v) is 2.04. The van der Waals surface area contributed by atoms with Crippen LogP contribution in [0.3, 0.4) is 0 Å². The van der Waals surface area contributed by atoms with E-state index < -0.39 is 17.7 Å². The second kappa shape index (κ2) is 9.05. The maximum absolute atomic E-state index is 11.9. The van der Waals surface area contributed by atoms with Gasteiger partial charge in [0, 0.05) is 25.7 Å². The summed E-state index contributed by atoms with van der Waals surface area (Å²) in [6, 6.07) is 6.54. The normalized spacial score (nSPS) is 10.8. The third-order valence-electron chi connectivity index (χ3n) is 3.07. The van der Waals surface area contributed by atoms with Gasteiger partial charge in [-0.1, -0.05) is 0 Å². The number of hydrogen-bond donors (Lipinski definition) is 1. The van der Waals surface area contributed by atoms with Crippen molar-refractivity contribution >= 4 is 23.7 Å². The summed E-state index contributed by atoms with van der Waals surface area (Å²) in [5, 5.41) is 2.61. The van der Waals surface area contributed by atoms with Gasteiger partial charge in [0.1, 0.15) is 5.60 Å². The Morgan fingerprint density at radius 1 is 1.12 bits per heavy atom. The first kappa shape index (κ1) is 20.5. The zero-order chi connectivity index (χ0) is 19.0. The Kier molecular flexibility index (Phi) is 7.42. The van der Waals surface area contributed by atoms with Crippen molar-refractivity contribution < 1.29 is 23.9 Å². The molecule has 0 spiro atoms. The highest BCUT2D eigenvalue weighted by atomic mass is 16.6. The van der Waals surface area contributed by atoms with Crippen molar-refractivity contribution in [1.82, 2.24) is 5.32 Å². The molecule has 25 heavy (non-hydrogen) atoms. The Morgan fingerprint density at radius 2 is 1.72 bits per heavy atom. The number of carbonyl (C=O) groups is 3. The van der Waals surface area contributed by atoms with Crippen molar-refractivity contribution in [3.05, 3.63) is 29.8 Å². The van der Waals surface area contributed by atoms with Crippen molar-refractivity contribution in [3.8, 4) is 0 Å². The average Bonchev–Trinajstić information content (AvgIpc) is 2.50. The van der Waals surface area contributed by atoms with E-state index in [-0.39, 0.29) is 19.0 Å². The minimum absolute atomic E-state index is 0.171. The zero-order valence-corrected chi connectivity index (χ0v) is 15.4. The predicted molar refractivity (Wildman–Crippen MR) is 94.7 cm³/mol. The van der Waals surface area contributed by atoms with E-state index in [0.717, 1.165) is 0 Å². The molecule has 0 saturated heterocycles. The minimum atomic E-state index is -0.576. The third kappa shape index (κ3) is 7.24. The van der Waals surface area contributed by atoms with Crippen LogP contribution in [0.5, 0.6) is 0 Å². The number of rotatable bonds is 6. The van der Waals surface area contributed by atoms with Crippen molar-refractivity contribution in [2.45, 2.75) is 40.2 Å². The number of carbonyl (C=O) groups excluding carboxylic acids is 3. The molecule has 1 N–H and O–H groups in total. The van der Waals surface area contributed by atoms with Crippen LogP contribution in [-0.4, -0.2) is 43.3 Å². The molecular weight excluding hydrogens is 324 g/mol. The quantitative estimate of drug-likeness (QED) is 0.798. The summed E-state index contributed by atoms with van der Waals surface area (Å²) in [5.41, 5.74) is 0.473. The lowest BCUT2D eigenvalue weighted by Gasteiger charge is -2.23. The van der Waals surface area contributed by atoms with Crippen LogP contribution in [0.4, 0.5) is 10.5 Å². The van der Waals surface area contributed by atoms with Gasteiger partial charge >= 0.3 is 12.1 Å². The van der Waals surface area contributed by atoms with Gasteiger partial charge < -0.3 is 19.7 Å². The number of nitrogens with one attached hydrogen (secondary N) is 1. The molecule has 0 aliphatic carbocycles. The summed E-state index contributed by atoms with van der Waals surface area (Å²) in [6.07, 6.45) is -0.534. The predicted octanol–water partition coefficient (Wildman–Crippen LogP) is 2.74. The molecule has 0 aliphatic rings. The van der Waals surface area contributed by atoms with E-state index in [9.17, 15) is 14.4 Å². The Bertz CT molecular complexity index is 605. The number of benzene rings is 1. The standard InChI is InChI=1S/C18H26N2O5/c1-6-24-16(22)14-7-9-15(10-8-14)20(13(2)21)12-11-19-17(23)25-18(3,4)5/h7-10H,6,11-12H2,1-5H3,(H,19,23). The van der Waals surface area contributed by atoms with Crippen LogP contribution >= 0.6 is 0 Å². The molecule has 0 bridgehead atoms. The van der Waals surface area contributed by atoms with Crippen LogP contribution in [0, 0.1) is 0 Å². The lowest BCUT2D eigenvalue weighted by atomic mass is 10.2. The number of anilines is 1. The lowest BCUT2D eigenvalue weighted by Crippen LogP contribution is -2.39. The topological polar surface area (TPSA) is 84.9 Å². The molecular formula is C18H26N2O5. The summed E-state index contributed by atoms with van der Waals surface area (Å²) in [7, 11) is 0. The number of esters is 1. The number of alkyl carbamates (subject to hydrolysis) is 1. The SMILES string of the molecule is CCOC(=O)c1ccc(N(CCNC(=O)OC(C)(C)C)C(C)=O)cc1. The molecule has 0 heterocycles. The Hall–Kier alpha value is -2.57. The van der Waals surface area contributed by atoms with Crippen LogP contribution in [0.15, 0.2) is 24.3 Å². The van der Waals surface area contributed by atoms with Gasteiger partial charge in [0.15, 0.2) is 0 Å². The Morgan fingerprint density at radius 3 is 2.20 bits per heavy atom. The van der Waals surface area contributed by atoms with Crippen LogP contribution in [-0.2, 0) is 14.3 Å². The van der Waals surface area contributed by atoms with Crippen molar-refractivity contribution in [3.63, 3.8) is 0 Å². The fourth-order valence-electron chi connectivity index (χ4n) is 2.04. The van der Waals surface area contributed by atoms with E-state index in [0.29, 0.717) is 17.9 Å². The smallest absolute Gasteiger partial charge is 0.407 e. The first-order valence-corrected chi connectivity index (χ1v) is 8.16. The molecule has 0 saturated carbocycles. The van der Waals surface area contributed by atoms with Gasteiger partial charge in [0.2, 0.25) is 5.91 Å². The number of amides is 2. The van der Waals surface area contributed by atoms with Crippen LogP contribution in [0.2, 0.25) is 0 Å². The number of ether oxygens (including phenoxy) is 2. The molecule has 0 radical (unpaired) electrons. The third-order valence-corrected chi connectivity index (χ3v) is 3.07. The first-order chi connectivity index (χ1) is 11.6. The fraction of sp³-hybridized carbons (Fsp3) is 0.500. The molecule has 138 valence electrons. The monoisotopic (exact) mass is 350 g/mol. The molecule has 1 aromatic rings. The molecule has 1 aromatic carbocycles. The largest absolute Gasteiger partial charge is 0.462 e. The highest BCUT2D eigenvalue weighted by Gasteiger charge is 2.17. The van der Waals surface area contributed by atoms with Gasteiger partial charge in [-0.25, -0.2) is 9.59 Å². The van der Waals surface area contributed by atoms with Crippen LogP contribution in [0.25, 0.3) is 0 Å². The second-order valence-corrected chi connectivity index (χ2v) is 6.37. The summed E-state index contributed by atoms with van der Waals surface area (Å²) in [6.45, 7) is 9.34. The summed E-state index contributed by atoms with van der Waals surface area (Å²) in [4.78, 5) is 36.7. The summed E-state index contributed by atoms with van der Waals surface area (Å²) < 4.78 is 10.1. The first-order valence-electron chi connectivity index (χ1n) is 8.16. The molecule has 7 heteroatoms. The molecule has 1 rings (SSSR count). The summed E-state index contributed by atoms with van der Waals surface area (Å²) >= 11 is 0. The molecule has 7 nitrogen and oxygen atoms in total. The van der Waals surface area contributed by atoms with E-state index in [1.807, 2.05) is 0 Å². The van der Waals surface area contributed by atoms with E-state index in [1.165, 1.54) is 11.8 Å². The van der Waals surface area contributed by atoms with Crippen LogP contribution < -0.4 is 10.2 Å². The lowest BCUT2D eigenvalue weighted by molar-refractivity contribution is -0.116. The van der Waals surface area contributed by atoms with Crippen molar-refractivity contribution in [1.29, 1.82) is 0 Å². The molecule has 0 fully saturated rings. The van der Waals surface area contributed by atoms with Gasteiger partial charge in [0.25, 0.3) is 0 Å². The summed E-state index contributed by atoms with van der Waals surface area (Å²) in [5.74, 6) is -0.579. The highest BCUT2D eigenvalue weighted by molar-refractivity contribution is 5.93. The van der Waals surface area contributed by atoms with Crippen molar-refractivity contribution in [2.75, 3.05) is 24.6 Å². The maximum atomic E-state index is 11.9. The zero-order valence-electron chi connectivity index (χ0n) is 15.4. The van der Waals surface area contributed by atoms with E-state index in [4.69, 9.17) is 9.47 Å². The van der Waals surface area contributed by atoms with E-state index in [1.54, 1.807) is 52.0 Å². The van der Waals surface area contributed by atoms with Crippen molar-refractivity contribution in [2.24, 2.45) is 0 Å². The highest BCUT2D eigenvalue weighted by Crippen LogP contribution is 2.16. The van der Waals surface area contributed by atoms with Gasteiger partial charge in [-0.3, -0.25) is 4.79 Å². The molecule has 0 aromatic heterocycles. The number of nitrogens with zero attached hydrogens (tertiary/aromatic N) is 1. The van der Waals surface area contributed by atoms with E-state index in [2.05, 4.69) is 5.32 Å². The Balaban J connectivity index is 2.66. The Labute approximate surface area is 148 Å². The molecule has 0 aliphatic heterocycles. The average molecular weight is 350 g/mol.